The van der Waals surface area contributed by atoms with Crippen LogP contribution in [0, 0.1) is 11.8 Å². The number of hydrogen-bond acceptors (Lipinski definition) is 4. The van der Waals surface area contributed by atoms with Gasteiger partial charge in [-0.25, -0.2) is 0 Å². The summed E-state index contributed by atoms with van der Waals surface area (Å²) in [6, 6.07) is 0. The Morgan fingerprint density at radius 1 is 1.25 bits per heavy atom. The molecule has 0 spiro atoms. The predicted molar refractivity (Wildman–Crippen MR) is 56.5 cm³/mol. The first-order valence-corrected chi connectivity index (χ1v) is 5.48. The van der Waals surface area contributed by atoms with Crippen molar-refractivity contribution >= 4 is 18.2 Å². The molecule has 0 bridgehead atoms. The van der Waals surface area contributed by atoms with Gasteiger partial charge in [0.2, 0.25) is 5.91 Å². The standard InChI is InChI=1S/C11H17NO4/c1-16-11(15)9-4-2-8(3-5-9)10(14)12-6-7-13/h7-9H,2-6H2,1H3,(H,12,14). The Bertz CT molecular complexity index is 269. The Hall–Kier alpha value is -1.39. The highest BCUT2D eigenvalue weighted by atomic mass is 16.5. The third kappa shape index (κ3) is 3.32. The number of hydrogen-bond donors (Lipinski definition) is 1. The summed E-state index contributed by atoms with van der Waals surface area (Å²) in [5.74, 6) is -0.414. The monoisotopic (exact) mass is 227 g/mol. The number of rotatable bonds is 4. The van der Waals surface area contributed by atoms with Gasteiger partial charge in [0.15, 0.2) is 0 Å². The summed E-state index contributed by atoms with van der Waals surface area (Å²) in [5, 5.41) is 2.54. The van der Waals surface area contributed by atoms with Crippen molar-refractivity contribution in [2.75, 3.05) is 13.7 Å². The number of ether oxygens (including phenoxy) is 1. The molecule has 1 N–H and O–H groups in total. The summed E-state index contributed by atoms with van der Waals surface area (Å²) >= 11 is 0. The molecule has 0 saturated heterocycles. The van der Waals surface area contributed by atoms with E-state index in [1.54, 1.807) is 0 Å². The quantitative estimate of drug-likeness (QED) is 0.553. The zero-order valence-corrected chi connectivity index (χ0v) is 9.40. The summed E-state index contributed by atoms with van der Waals surface area (Å²) in [7, 11) is 1.38. The van der Waals surface area contributed by atoms with Crippen LogP contribution >= 0.6 is 0 Å². The number of amides is 1. The second kappa shape index (κ2) is 6.25. The summed E-state index contributed by atoms with van der Waals surface area (Å²) in [6.45, 7) is 0.0652. The molecule has 1 fully saturated rings. The number of aldehydes is 1. The van der Waals surface area contributed by atoms with E-state index in [4.69, 9.17) is 0 Å². The van der Waals surface area contributed by atoms with Gasteiger partial charge in [-0.15, -0.1) is 0 Å². The highest BCUT2D eigenvalue weighted by Gasteiger charge is 2.30. The van der Waals surface area contributed by atoms with Gasteiger partial charge in [0, 0.05) is 5.92 Å². The number of carbonyl (C=O) groups is 3. The van der Waals surface area contributed by atoms with Crippen LogP contribution in [-0.2, 0) is 19.1 Å². The molecule has 5 nitrogen and oxygen atoms in total. The van der Waals surface area contributed by atoms with Gasteiger partial charge in [0.05, 0.1) is 19.6 Å². The average Bonchev–Trinajstić information content (AvgIpc) is 2.35. The molecule has 16 heavy (non-hydrogen) atoms. The molecule has 1 saturated carbocycles. The largest absolute Gasteiger partial charge is 0.469 e. The lowest BCUT2D eigenvalue weighted by Crippen LogP contribution is -2.35. The van der Waals surface area contributed by atoms with Crippen molar-refractivity contribution in [2.45, 2.75) is 25.7 Å². The van der Waals surface area contributed by atoms with E-state index in [9.17, 15) is 14.4 Å². The van der Waals surface area contributed by atoms with Crippen LogP contribution in [0.3, 0.4) is 0 Å². The maximum atomic E-state index is 11.5. The van der Waals surface area contributed by atoms with Gasteiger partial charge in [-0.3, -0.25) is 9.59 Å². The first kappa shape index (κ1) is 12.7. The Labute approximate surface area is 94.5 Å². The van der Waals surface area contributed by atoms with E-state index in [1.165, 1.54) is 7.11 Å². The Kier molecular flexibility index (Phi) is 4.95. The minimum absolute atomic E-state index is 0.0652. The zero-order valence-electron chi connectivity index (χ0n) is 9.40. The lowest BCUT2D eigenvalue weighted by atomic mass is 9.81. The molecule has 0 radical (unpaired) electrons. The molecule has 1 aliphatic rings. The molecule has 0 atom stereocenters. The third-order valence-corrected chi connectivity index (χ3v) is 2.99. The Morgan fingerprint density at radius 3 is 2.31 bits per heavy atom. The second-order valence-electron chi connectivity index (χ2n) is 3.98. The molecular weight excluding hydrogens is 210 g/mol. The fraction of sp³-hybridized carbons (Fsp3) is 0.727. The van der Waals surface area contributed by atoms with Gasteiger partial charge in [-0.05, 0) is 25.7 Å². The molecule has 0 aromatic rings. The van der Waals surface area contributed by atoms with Crippen molar-refractivity contribution in [1.82, 2.24) is 5.32 Å². The van der Waals surface area contributed by atoms with Crippen LogP contribution in [0.2, 0.25) is 0 Å². The molecular formula is C11H17NO4. The van der Waals surface area contributed by atoms with E-state index < -0.39 is 0 Å². The van der Waals surface area contributed by atoms with Gasteiger partial charge >= 0.3 is 5.97 Å². The molecule has 90 valence electrons. The van der Waals surface area contributed by atoms with Gasteiger partial charge in [-0.1, -0.05) is 0 Å². The fourth-order valence-electron chi connectivity index (χ4n) is 2.04. The SMILES string of the molecule is COC(=O)C1CCC(C(=O)NCC=O)CC1. The molecule has 1 rings (SSSR count). The fourth-order valence-corrected chi connectivity index (χ4v) is 2.04. The van der Waals surface area contributed by atoms with E-state index in [0.717, 1.165) is 0 Å². The van der Waals surface area contributed by atoms with Crippen LogP contribution in [0.25, 0.3) is 0 Å². The summed E-state index contributed by atoms with van der Waals surface area (Å²) in [4.78, 5) is 32.9. The van der Waals surface area contributed by atoms with E-state index in [2.05, 4.69) is 10.1 Å². The van der Waals surface area contributed by atoms with Crippen LogP contribution in [0.1, 0.15) is 25.7 Å². The van der Waals surface area contributed by atoms with E-state index in [-0.39, 0.29) is 30.3 Å². The molecule has 5 heteroatoms. The van der Waals surface area contributed by atoms with Crippen molar-refractivity contribution in [3.05, 3.63) is 0 Å². The summed E-state index contributed by atoms with van der Waals surface area (Å²) in [6.07, 6.45) is 3.41. The van der Waals surface area contributed by atoms with Crippen molar-refractivity contribution in [2.24, 2.45) is 11.8 Å². The van der Waals surface area contributed by atoms with Crippen LogP contribution in [0.5, 0.6) is 0 Å². The van der Waals surface area contributed by atoms with Gasteiger partial charge in [-0.2, -0.15) is 0 Å². The zero-order chi connectivity index (χ0) is 12.0. The van der Waals surface area contributed by atoms with Crippen molar-refractivity contribution in [3.63, 3.8) is 0 Å². The van der Waals surface area contributed by atoms with Gasteiger partial charge in [0.1, 0.15) is 6.29 Å². The van der Waals surface area contributed by atoms with E-state index >= 15 is 0 Å². The smallest absolute Gasteiger partial charge is 0.308 e. The average molecular weight is 227 g/mol. The van der Waals surface area contributed by atoms with Crippen LogP contribution in [0.4, 0.5) is 0 Å². The van der Waals surface area contributed by atoms with Crippen LogP contribution < -0.4 is 5.32 Å². The van der Waals surface area contributed by atoms with Gasteiger partial charge < -0.3 is 14.8 Å². The molecule has 0 aliphatic heterocycles. The maximum absolute atomic E-state index is 11.5. The molecule has 1 aliphatic carbocycles. The van der Waals surface area contributed by atoms with Crippen molar-refractivity contribution in [1.29, 1.82) is 0 Å². The van der Waals surface area contributed by atoms with Crippen molar-refractivity contribution in [3.8, 4) is 0 Å². The first-order chi connectivity index (χ1) is 7.69. The third-order valence-electron chi connectivity index (χ3n) is 2.99. The maximum Gasteiger partial charge on any atom is 0.308 e. The topological polar surface area (TPSA) is 72.5 Å². The molecule has 0 unspecified atom stereocenters. The highest BCUT2D eigenvalue weighted by molar-refractivity contribution is 5.81. The Balaban J connectivity index is 2.33. The predicted octanol–water partition coefficient (Wildman–Crippen LogP) is 0.281. The minimum Gasteiger partial charge on any atom is -0.469 e. The van der Waals surface area contributed by atoms with Gasteiger partial charge in [0.25, 0.3) is 0 Å². The lowest BCUT2D eigenvalue weighted by molar-refractivity contribution is -0.147. The molecule has 0 heterocycles. The molecule has 0 aromatic carbocycles. The molecule has 0 aromatic heterocycles. The lowest BCUT2D eigenvalue weighted by Gasteiger charge is -2.25. The number of nitrogens with one attached hydrogen (secondary N) is 1. The van der Waals surface area contributed by atoms with E-state index in [0.29, 0.717) is 32.0 Å². The highest BCUT2D eigenvalue weighted by Crippen LogP contribution is 2.29. The minimum atomic E-state index is -0.188. The summed E-state index contributed by atoms with van der Waals surface area (Å²) in [5.41, 5.74) is 0. The number of methoxy groups -OCH3 is 1. The molecule has 1 amide bonds. The Morgan fingerprint density at radius 2 is 1.81 bits per heavy atom. The van der Waals surface area contributed by atoms with E-state index in [1.807, 2.05) is 0 Å². The number of carbonyl (C=O) groups excluding carboxylic acids is 3. The first-order valence-electron chi connectivity index (χ1n) is 5.48. The summed E-state index contributed by atoms with van der Waals surface area (Å²) < 4.78 is 4.66. The normalized spacial score (nSPS) is 24.6. The number of esters is 1. The van der Waals surface area contributed by atoms with Crippen molar-refractivity contribution < 1.29 is 19.1 Å². The van der Waals surface area contributed by atoms with Crippen LogP contribution in [-0.4, -0.2) is 31.8 Å². The second-order valence-corrected chi connectivity index (χ2v) is 3.98. The van der Waals surface area contributed by atoms with Crippen LogP contribution in [0.15, 0.2) is 0 Å².